The lowest BCUT2D eigenvalue weighted by Crippen LogP contribution is -2.12. The molecule has 0 saturated carbocycles. The van der Waals surface area contributed by atoms with Crippen molar-refractivity contribution in [3.8, 4) is 0 Å². The first-order valence-electron chi connectivity index (χ1n) is 8.66. The molecule has 0 unspecified atom stereocenters. The van der Waals surface area contributed by atoms with Crippen LogP contribution in [-0.4, -0.2) is 21.6 Å². The molecule has 0 saturated heterocycles. The number of rotatable bonds is 16. The Kier molecular flexibility index (Phi) is 14.7. The van der Waals surface area contributed by atoms with E-state index in [-0.39, 0.29) is 13.2 Å². The summed E-state index contributed by atoms with van der Waals surface area (Å²) in [6, 6.07) is 0. The molecule has 4 nitrogen and oxygen atoms in total. The highest BCUT2D eigenvalue weighted by atomic mass is 32.3. The van der Waals surface area contributed by atoms with Crippen LogP contribution >= 0.6 is 0 Å². The van der Waals surface area contributed by atoms with Crippen molar-refractivity contribution in [2.24, 2.45) is 0 Å². The molecule has 0 radical (unpaired) electrons. The van der Waals surface area contributed by atoms with Crippen molar-refractivity contribution in [1.82, 2.24) is 0 Å². The predicted octanol–water partition coefficient (Wildman–Crippen LogP) is 4.99. The van der Waals surface area contributed by atoms with Crippen molar-refractivity contribution in [2.75, 3.05) is 13.2 Å². The highest BCUT2D eigenvalue weighted by Gasteiger charge is 2.10. The minimum Gasteiger partial charge on any atom is -0.248 e. The summed E-state index contributed by atoms with van der Waals surface area (Å²) in [4.78, 5) is 0. The van der Waals surface area contributed by atoms with Gasteiger partial charge in [0.05, 0.1) is 13.2 Å². The Morgan fingerprint density at radius 2 is 0.905 bits per heavy atom. The molecule has 0 bridgehead atoms. The fraction of sp³-hybridized carbons (Fsp3) is 1.00. The molecular formula is C16H34O4S. The molecule has 0 aromatic carbocycles. The first kappa shape index (κ1) is 20.9. The van der Waals surface area contributed by atoms with Gasteiger partial charge in [-0.25, -0.2) is 8.37 Å². The predicted molar refractivity (Wildman–Crippen MR) is 87.6 cm³/mol. The third-order valence-electron chi connectivity index (χ3n) is 3.45. The maximum absolute atomic E-state index is 11.4. The SMILES string of the molecule is CCCCCCCCCOS(=O)(=O)OCCCCCCC. The largest absolute Gasteiger partial charge is 0.399 e. The van der Waals surface area contributed by atoms with E-state index in [0.29, 0.717) is 0 Å². The normalized spacial score (nSPS) is 11.9. The molecule has 0 amide bonds. The smallest absolute Gasteiger partial charge is 0.248 e. The molecule has 0 fully saturated rings. The third kappa shape index (κ3) is 16.1. The van der Waals surface area contributed by atoms with Gasteiger partial charge in [0.15, 0.2) is 0 Å². The van der Waals surface area contributed by atoms with Gasteiger partial charge in [0.1, 0.15) is 0 Å². The van der Waals surface area contributed by atoms with E-state index in [1.54, 1.807) is 0 Å². The maximum atomic E-state index is 11.4. The minimum atomic E-state index is -3.78. The van der Waals surface area contributed by atoms with E-state index in [9.17, 15) is 8.42 Å². The van der Waals surface area contributed by atoms with E-state index in [4.69, 9.17) is 8.37 Å². The highest BCUT2D eigenvalue weighted by molar-refractivity contribution is 7.81. The van der Waals surface area contributed by atoms with Crippen LogP contribution in [0.25, 0.3) is 0 Å². The van der Waals surface area contributed by atoms with E-state index in [0.717, 1.165) is 38.5 Å². The second-order valence-corrected chi connectivity index (χ2v) is 6.88. The number of hydrogen-bond acceptors (Lipinski definition) is 4. The van der Waals surface area contributed by atoms with Gasteiger partial charge in [0.25, 0.3) is 0 Å². The van der Waals surface area contributed by atoms with Gasteiger partial charge in [-0.2, -0.15) is 8.42 Å². The van der Waals surface area contributed by atoms with Crippen LogP contribution in [0.15, 0.2) is 0 Å². The van der Waals surface area contributed by atoms with Gasteiger partial charge in [-0.05, 0) is 12.8 Å². The van der Waals surface area contributed by atoms with Crippen LogP contribution in [0.2, 0.25) is 0 Å². The molecule has 0 rings (SSSR count). The lowest BCUT2D eigenvalue weighted by atomic mass is 10.1. The Morgan fingerprint density at radius 1 is 0.571 bits per heavy atom. The molecule has 0 aliphatic carbocycles. The summed E-state index contributed by atoms with van der Waals surface area (Å²) in [5.74, 6) is 0. The molecule has 0 atom stereocenters. The zero-order valence-electron chi connectivity index (χ0n) is 13.9. The van der Waals surface area contributed by atoms with Crippen LogP contribution in [-0.2, 0) is 18.8 Å². The first-order chi connectivity index (χ1) is 10.1. The number of hydrogen-bond donors (Lipinski definition) is 0. The summed E-state index contributed by atoms with van der Waals surface area (Å²) >= 11 is 0. The van der Waals surface area contributed by atoms with Crippen LogP contribution in [0.4, 0.5) is 0 Å². The Bertz CT molecular complexity index is 301. The van der Waals surface area contributed by atoms with Crippen molar-refractivity contribution in [3.05, 3.63) is 0 Å². The Hall–Kier alpha value is -0.130. The van der Waals surface area contributed by atoms with Gasteiger partial charge >= 0.3 is 10.4 Å². The number of unbranched alkanes of at least 4 members (excludes halogenated alkanes) is 10. The lowest BCUT2D eigenvalue weighted by Gasteiger charge is -2.06. The Balaban J connectivity index is 3.39. The van der Waals surface area contributed by atoms with Crippen LogP contribution in [0, 0.1) is 0 Å². The second-order valence-electron chi connectivity index (χ2n) is 5.59. The van der Waals surface area contributed by atoms with Gasteiger partial charge < -0.3 is 0 Å². The summed E-state index contributed by atoms with van der Waals surface area (Å²) in [6.07, 6.45) is 13.3. The summed E-state index contributed by atoms with van der Waals surface area (Å²) in [5, 5.41) is 0. The van der Waals surface area contributed by atoms with Gasteiger partial charge in [0, 0.05) is 0 Å². The molecule has 5 heteroatoms. The summed E-state index contributed by atoms with van der Waals surface area (Å²) in [5.41, 5.74) is 0. The maximum Gasteiger partial charge on any atom is 0.399 e. The van der Waals surface area contributed by atoms with Crippen LogP contribution in [0.1, 0.15) is 90.9 Å². The minimum absolute atomic E-state index is 0.239. The van der Waals surface area contributed by atoms with Crippen LogP contribution in [0.3, 0.4) is 0 Å². The second kappa shape index (κ2) is 14.8. The van der Waals surface area contributed by atoms with Crippen LogP contribution in [0.5, 0.6) is 0 Å². The fourth-order valence-corrected chi connectivity index (χ4v) is 2.83. The average Bonchev–Trinajstić information content (AvgIpc) is 2.45. The van der Waals surface area contributed by atoms with E-state index in [1.165, 1.54) is 38.5 Å². The topological polar surface area (TPSA) is 52.6 Å². The molecule has 0 spiro atoms. The van der Waals surface area contributed by atoms with E-state index in [1.807, 2.05) is 0 Å². The van der Waals surface area contributed by atoms with Crippen LogP contribution < -0.4 is 0 Å². The lowest BCUT2D eigenvalue weighted by molar-refractivity contribution is 0.208. The highest BCUT2D eigenvalue weighted by Crippen LogP contribution is 2.08. The summed E-state index contributed by atoms with van der Waals surface area (Å²) in [6.45, 7) is 4.83. The molecule has 128 valence electrons. The summed E-state index contributed by atoms with van der Waals surface area (Å²) in [7, 11) is -3.78. The molecule has 21 heavy (non-hydrogen) atoms. The Morgan fingerprint density at radius 3 is 1.29 bits per heavy atom. The monoisotopic (exact) mass is 322 g/mol. The molecule has 0 aliphatic rings. The zero-order valence-corrected chi connectivity index (χ0v) is 14.8. The molecule has 0 heterocycles. The Labute approximate surface area is 131 Å². The van der Waals surface area contributed by atoms with Crippen molar-refractivity contribution in [2.45, 2.75) is 90.9 Å². The standard InChI is InChI=1S/C16H34O4S/c1-3-5-7-9-10-12-14-16-20-21(17,18)19-15-13-11-8-6-4-2/h3-16H2,1-2H3. The van der Waals surface area contributed by atoms with Gasteiger partial charge in [-0.15, -0.1) is 0 Å². The molecule has 0 N–H and O–H groups in total. The average molecular weight is 323 g/mol. The fourth-order valence-electron chi connectivity index (χ4n) is 2.12. The first-order valence-corrected chi connectivity index (χ1v) is 9.99. The molecule has 0 aliphatic heterocycles. The van der Waals surface area contributed by atoms with Gasteiger partial charge in [0.2, 0.25) is 0 Å². The quantitative estimate of drug-likeness (QED) is 0.376. The van der Waals surface area contributed by atoms with Gasteiger partial charge in [-0.3, -0.25) is 0 Å². The molecule has 0 aromatic heterocycles. The van der Waals surface area contributed by atoms with Crippen molar-refractivity contribution >= 4 is 10.4 Å². The van der Waals surface area contributed by atoms with E-state index >= 15 is 0 Å². The zero-order chi connectivity index (χ0) is 15.8. The summed E-state index contributed by atoms with van der Waals surface area (Å²) < 4.78 is 32.6. The van der Waals surface area contributed by atoms with Crippen molar-refractivity contribution < 1.29 is 16.8 Å². The molecular weight excluding hydrogens is 288 g/mol. The van der Waals surface area contributed by atoms with E-state index < -0.39 is 10.4 Å². The molecule has 0 aromatic rings. The van der Waals surface area contributed by atoms with E-state index in [2.05, 4.69) is 13.8 Å². The van der Waals surface area contributed by atoms with Crippen molar-refractivity contribution in [1.29, 1.82) is 0 Å². The third-order valence-corrected chi connectivity index (χ3v) is 4.36. The van der Waals surface area contributed by atoms with Gasteiger partial charge in [-0.1, -0.05) is 78.1 Å². The van der Waals surface area contributed by atoms with Crippen molar-refractivity contribution in [3.63, 3.8) is 0 Å².